The number of hydrogen-bond acceptors (Lipinski definition) is 4. The molecule has 7 heteroatoms. The van der Waals surface area contributed by atoms with Gasteiger partial charge in [-0.3, -0.25) is 14.2 Å². The summed E-state index contributed by atoms with van der Waals surface area (Å²) in [7, 11) is 0. The number of nitrogens with two attached hydrogens (primary N) is 1. The van der Waals surface area contributed by atoms with Crippen LogP contribution in [0.15, 0.2) is 35.4 Å². The maximum atomic E-state index is 12.4. The Hall–Kier alpha value is -1.92. The van der Waals surface area contributed by atoms with Gasteiger partial charge in [-0.1, -0.05) is 31.4 Å². The lowest BCUT2D eigenvalue weighted by molar-refractivity contribution is -0.122. The van der Waals surface area contributed by atoms with Crippen molar-refractivity contribution >= 4 is 29.2 Å². The van der Waals surface area contributed by atoms with E-state index in [0.717, 1.165) is 25.7 Å². The zero-order valence-electron chi connectivity index (χ0n) is 13.5. The van der Waals surface area contributed by atoms with E-state index in [-0.39, 0.29) is 36.0 Å². The van der Waals surface area contributed by atoms with E-state index in [4.69, 9.17) is 5.73 Å². The van der Waals surface area contributed by atoms with Crippen LogP contribution in [0.1, 0.15) is 32.1 Å². The number of amides is 1. The van der Waals surface area contributed by atoms with Crippen molar-refractivity contribution in [2.24, 2.45) is 5.73 Å². The highest BCUT2D eigenvalue weighted by Crippen LogP contribution is 2.25. The van der Waals surface area contributed by atoms with E-state index in [1.54, 1.807) is 18.2 Å². The molecule has 3 N–H and O–H groups in total. The predicted octanol–water partition coefficient (Wildman–Crippen LogP) is 1.60. The molecule has 0 aliphatic heterocycles. The predicted molar refractivity (Wildman–Crippen MR) is 96.3 cm³/mol. The first kappa shape index (κ1) is 18.4. The van der Waals surface area contributed by atoms with Crippen LogP contribution in [0.2, 0.25) is 0 Å². The Bertz CT molecular complexity index is 769. The van der Waals surface area contributed by atoms with Crippen LogP contribution in [0.25, 0.3) is 10.9 Å². The summed E-state index contributed by atoms with van der Waals surface area (Å²) in [6.45, 7) is 0.425. The van der Waals surface area contributed by atoms with Crippen molar-refractivity contribution in [3.8, 4) is 0 Å². The van der Waals surface area contributed by atoms with Crippen LogP contribution in [-0.2, 0) is 11.3 Å². The molecule has 24 heavy (non-hydrogen) atoms. The van der Waals surface area contributed by atoms with Gasteiger partial charge < -0.3 is 11.1 Å². The number of aromatic nitrogens is 2. The first-order valence-electron chi connectivity index (χ1n) is 8.07. The normalized spacial score (nSPS) is 16.4. The fourth-order valence-electron chi connectivity index (χ4n) is 3.14. The van der Waals surface area contributed by atoms with Crippen molar-refractivity contribution in [3.05, 3.63) is 40.9 Å². The first-order chi connectivity index (χ1) is 11.1. The van der Waals surface area contributed by atoms with Crippen LogP contribution in [0, 0.1) is 0 Å². The fraction of sp³-hybridized carbons (Fsp3) is 0.471. The summed E-state index contributed by atoms with van der Waals surface area (Å²) in [5, 5.41) is 3.38. The van der Waals surface area contributed by atoms with Crippen LogP contribution in [0.3, 0.4) is 0 Å². The summed E-state index contributed by atoms with van der Waals surface area (Å²) in [6, 6.07) is 7.12. The number of para-hydroxylation sites is 1. The summed E-state index contributed by atoms with van der Waals surface area (Å²) < 4.78 is 1.34. The molecule has 1 aromatic carbocycles. The molecule has 1 fully saturated rings. The molecule has 0 spiro atoms. The molecule has 2 aromatic rings. The lowest BCUT2D eigenvalue weighted by Gasteiger charge is -2.33. The van der Waals surface area contributed by atoms with Gasteiger partial charge in [-0.25, -0.2) is 4.98 Å². The third kappa shape index (κ3) is 4.13. The SMILES string of the molecule is Cl.NC1(CNC(=O)Cn2cnc3ccccc3c2=O)CCCCC1. The quantitative estimate of drug-likeness (QED) is 0.876. The molecule has 130 valence electrons. The number of fused-ring (bicyclic) bond motifs is 1. The Balaban J connectivity index is 0.00000208. The average Bonchev–Trinajstić information content (AvgIpc) is 2.57. The van der Waals surface area contributed by atoms with Crippen LogP contribution in [-0.4, -0.2) is 27.5 Å². The number of rotatable bonds is 4. The third-order valence-corrected chi connectivity index (χ3v) is 4.53. The number of carbonyl (C=O) groups is 1. The molecule has 1 heterocycles. The van der Waals surface area contributed by atoms with Gasteiger partial charge in [0.15, 0.2) is 0 Å². The molecule has 0 bridgehead atoms. The number of halogens is 1. The maximum absolute atomic E-state index is 12.4. The summed E-state index contributed by atoms with van der Waals surface area (Å²) in [4.78, 5) is 28.7. The molecule has 1 saturated carbocycles. The molecule has 0 unspecified atom stereocenters. The summed E-state index contributed by atoms with van der Waals surface area (Å²) in [5.74, 6) is -0.209. The van der Waals surface area contributed by atoms with Crippen LogP contribution < -0.4 is 16.6 Å². The molecule has 3 rings (SSSR count). The number of nitrogens with zero attached hydrogens (tertiary/aromatic N) is 2. The van der Waals surface area contributed by atoms with Gasteiger partial charge in [-0.15, -0.1) is 12.4 Å². The topological polar surface area (TPSA) is 90.0 Å². The highest BCUT2D eigenvalue weighted by molar-refractivity contribution is 5.85. The van der Waals surface area contributed by atoms with Crippen molar-refractivity contribution < 1.29 is 4.79 Å². The van der Waals surface area contributed by atoms with E-state index in [1.165, 1.54) is 17.3 Å². The Labute approximate surface area is 146 Å². The Morgan fingerprint density at radius 1 is 1.25 bits per heavy atom. The Morgan fingerprint density at radius 3 is 2.71 bits per heavy atom. The van der Waals surface area contributed by atoms with Crippen molar-refractivity contribution in [1.82, 2.24) is 14.9 Å². The zero-order chi connectivity index (χ0) is 16.3. The van der Waals surface area contributed by atoms with Crippen molar-refractivity contribution in [1.29, 1.82) is 0 Å². The van der Waals surface area contributed by atoms with E-state index in [1.807, 2.05) is 6.07 Å². The molecule has 6 nitrogen and oxygen atoms in total. The lowest BCUT2D eigenvalue weighted by Crippen LogP contribution is -2.51. The molecule has 0 saturated heterocycles. The second kappa shape index (κ2) is 7.77. The van der Waals surface area contributed by atoms with E-state index in [9.17, 15) is 9.59 Å². The van der Waals surface area contributed by atoms with Gasteiger partial charge in [0.2, 0.25) is 5.91 Å². The van der Waals surface area contributed by atoms with E-state index < -0.39 is 0 Å². The van der Waals surface area contributed by atoms with Crippen LogP contribution in [0.4, 0.5) is 0 Å². The first-order valence-corrected chi connectivity index (χ1v) is 8.07. The number of benzene rings is 1. The van der Waals surface area contributed by atoms with Gasteiger partial charge in [0.05, 0.1) is 17.2 Å². The van der Waals surface area contributed by atoms with Gasteiger partial charge in [-0.05, 0) is 25.0 Å². The van der Waals surface area contributed by atoms with Gasteiger partial charge in [0, 0.05) is 12.1 Å². The molecular weight excluding hydrogens is 328 g/mol. The molecule has 1 amide bonds. The number of hydrogen-bond donors (Lipinski definition) is 2. The third-order valence-electron chi connectivity index (χ3n) is 4.53. The fourth-order valence-corrected chi connectivity index (χ4v) is 3.14. The minimum atomic E-state index is -0.305. The number of nitrogens with one attached hydrogen (secondary N) is 1. The summed E-state index contributed by atoms with van der Waals surface area (Å²) in [5.41, 5.74) is 6.44. The minimum Gasteiger partial charge on any atom is -0.353 e. The highest BCUT2D eigenvalue weighted by atomic mass is 35.5. The molecule has 0 atom stereocenters. The molecule has 1 aliphatic carbocycles. The molecular formula is C17H23ClN4O2. The van der Waals surface area contributed by atoms with E-state index in [0.29, 0.717) is 17.4 Å². The van der Waals surface area contributed by atoms with Crippen molar-refractivity contribution in [2.75, 3.05) is 6.54 Å². The highest BCUT2D eigenvalue weighted by Gasteiger charge is 2.27. The summed E-state index contributed by atoms with van der Waals surface area (Å²) >= 11 is 0. The zero-order valence-corrected chi connectivity index (χ0v) is 14.3. The maximum Gasteiger partial charge on any atom is 0.261 e. The summed E-state index contributed by atoms with van der Waals surface area (Å²) in [6.07, 6.45) is 6.73. The minimum absolute atomic E-state index is 0. The second-order valence-electron chi connectivity index (χ2n) is 6.39. The molecule has 1 aromatic heterocycles. The Kier molecular flexibility index (Phi) is 5.96. The van der Waals surface area contributed by atoms with Crippen LogP contribution in [0.5, 0.6) is 0 Å². The standard InChI is InChI=1S/C17H22N4O2.ClH/c18-17(8-4-1-5-9-17)11-19-15(22)10-21-12-20-14-7-3-2-6-13(14)16(21)23;/h2-3,6-7,12H,1,4-5,8-11,18H2,(H,19,22);1H. The van der Waals surface area contributed by atoms with Crippen LogP contribution >= 0.6 is 12.4 Å². The van der Waals surface area contributed by atoms with Gasteiger partial charge >= 0.3 is 0 Å². The average molecular weight is 351 g/mol. The van der Waals surface area contributed by atoms with E-state index in [2.05, 4.69) is 10.3 Å². The smallest absolute Gasteiger partial charge is 0.261 e. The Morgan fingerprint density at radius 2 is 1.96 bits per heavy atom. The number of carbonyl (C=O) groups excluding carboxylic acids is 1. The monoisotopic (exact) mass is 350 g/mol. The van der Waals surface area contributed by atoms with Crippen molar-refractivity contribution in [3.63, 3.8) is 0 Å². The molecule has 0 radical (unpaired) electrons. The second-order valence-corrected chi connectivity index (χ2v) is 6.39. The van der Waals surface area contributed by atoms with E-state index >= 15 is 0 Å². The van der Waals surface area contributed by atoms with Gasteiger partial charge in [0.25, 0.3) is 5.56 Å². The van der Waals surface area contributed by atoms with Crippen molar-refractivity contribution in [2.45, 2.75) is 44.2 Å². The van der Waals surface area contributed by atoms with Gasteiger partial charge in [0.1, 0.15) is 6.54 Å². The van der Waals surface area contributed by atoms with Gasteiger partial charge in [-0.2, -0.15) is 0 Å². The largest absolute Gasteiger partial charge is 0.353 e. The molecule has 1 aliphatic rings. The lowest BCUT2D eigenvalue weighted by atomic mass is 9.82.